The quantitative estimate of drug-likeness (QED) is 0.718. The Morgan fingerprint density at radius 3 is 2.62 bits per heavy atom. The maximum Gasteiger partial charge on any atom is 0.256 e. The van der Waals surface area contributed by atoms with Crippen LogP contribution >= 0.6 is 11.8 Å². The van der Waals surface area contributed by atoms with E-state index in [9.17, 15) is 0 Å². The molecule has 2 aromatic carbocycles. The zero-order valence-electron chi connectivity index (χ0n) is 12.0. The molecule has 2 N–H and O–H groups in total. The predicted molar refractivity (Wildman–Crippen MR) is 87.5 cm³/mol. The minimum Gasteiger partial charge on any atom is -0.431 e. The number of rotatable bonds is 5. The Balaban J connectivity index is 1.65. The highest BCUT2D eigenvalue weighted by Crippen LogP contribution is 2.26. The third-order valence-corrected chi connectivity index (χ3v) is 4.42. The van der Waals surface area contributed by atoms with Gasteiger partial charge in [0.2, 0.25) is 0 Å². The molecule has 108 valence electrons. The zero-order valence-corrected chi connectivity index (χ0v) is 12.8. The molecule has 0 radical (unpaired) electrons. The van der Waals surface area contributed by atoms with Crippen LogP contribution < -0.4 is 5.73 Å². The van der Waals surface area contributed by atoms with Crippen molar-refractivity contribution in [3.05, 3.63) is 59.7 Å². The number of nitrogens with two attached hydrogens (primary N) is 1. The van der Waals surface area contributed by atoms with Crippen molar-refractivity contribution < 1.29 is 4.42 Å². The fraction of sp³-hybridized carbons (Fsp3) is 0.235. The van der Waals surface area contributed by atoms with Gasteiger partial charge in [-0.2, -0.15) is 0 Å². The number of hydrogen-bond acceptors (Lipinski definition) is 4. The highest BCUT2D eigenvalue weighted by Gasteiger charge is 2.10. The normalized spacial score (nSPS) is 12.7. The SMILES string of the molecule is CCc1ccc(C(N)CSc2nc3ccccc3o2)cc1. The number of oxazole rings is 1. The summed E-state index contributed by atoms with van der Waals surface area (Å²) in [6.07, 6.45) is 1.05. The van der Waals surface area contributed by atoms with E-state index in [0.29, 0.717) is 5.22 Å². The summed E-state index contributed by atoms with van der Waals surface area (Å²) in [5, 5.41) is 0.678. The summed E-state index contributed by atoms with van der Waals surface area (Å²) in [5.74, 6) is 0.748. The summed E-state index contributed by atoms with van der Waals surface area (Å²) < 4.78 is 5.69. The molecule has 3 aromatic rings. The molecule has 1 aromatic heterocycles. The highest BCUT2D eigenvalue weighted by molar-refractivity contribution is 7.99. The van der Waals surface area contributed by atoms with Crippen molar-refractivity contribution in [2.75, 3.05) is 5.75 Å². The average molecular weight is 298 g/mol. The lowest BCUT2D eigenvalue weighted by Gasteiger charge is -2.10. The maximum atomic E-state index is 6.24. The van der Waals surface area contributed by atoms with Crippen LogP contribution in [-0.4, -0.2) is 10.7 Å². The molecule has 0 bridgehead atoms. The number of nitrogens with zero attached hydrogens (tertiary/aromatic N) is 1. The second-order valence-electron chi connectivity index (χ2n) is 4.96. The van der Waals surface area contributed by atoms with Gasteiger partial charge in [-0.25, -0.2) is 4.98 Å². The van der Waals surface area contributed by atoms with E-state index in [1.807, 2.05) is 24.3 Å². The Morgan fingerprint density at radius 2 is 1.90 bits per heavy atom. The average Bonchev–Trinajstić information content (AvgIpc) is 2.95. The minimum absolute atomic E-state index is 0.0177. The van der Waals surface area contributed by atoms with Crippen molar-refractivity contribution in [2.45, 2.75) is 24.6 Å². The van der Waals surface area contributed by atoms with E-state index in [4.69, 9.17) is 10.2 Å². The first-order valence-electron chi connectivity index (χ1n) is 7.09. The van der Waals surface area contributed by atoms with Crippen LogP contribution in [0.4, 0.5) is 0 Å². The fourth-order valence-corrected chi connectivity index (χ4v) is 3.00. The molecule has 0 saturated carbocycles. The van der Waals surface area contributed by atoms with E-state index in [-0.39, 0.29) is 6.04 Å². The van der Waals surface area contributed by atoms with E-state index in [0.717, 1.165) is 28.8 Å². The zero-order chi connectivity index (χ0) is 14.7. The molecule has 1 atom stereocenters. The van der Waals surface area contributed by atoms with Gasteiger partial charge in [-0.15, -0.1) is 0 Å². The molecule has 0 fully saturated rings. The molecule has 3 nitrogen and oxygen atoms in total. The summed E-state index contributed by atoms with van der Waals surface area (Å²) >= 11 is 1.56. The summed E-state index contributed by atoms with van der Waals surface area (Å²) in [7, 11) is 0. The molecular formula is C17H18N2OS. The van der Waals surface area contributed by atoms with Gasteiger partial charge in [-0.1, -0.05) is 55.1 Å². The number of aryl methyl sites for hydroxylation is 1. The first-order valence-corrected chi connectivity index (χ1v) is 8.07. The lowest BCUT2D eigenvalue weighted by atomic mass is 10.1. The smallest absolute Gasteiger partial charge is 0.256 e. The van der Waals surface area contributed by atoms with Crippen LogP contribution in [0.15, 0.2) is 58.2 Å². The van der Waals surface area contributed by atoms with Crippen LogP contribution in [0.2, 0.25) is 0 Å². The lowest BCUT2D eigenvalue weighted by Crippen LogP contribution is -2.12. The van der Waals surface area contributed by atoms with E-state index in [1.165, 1.54) is 5.56 Å². The Bertz CT molecular complexity index is 688. The number of para-hydroxylation sites is 2. The van der Waals surface area contributed by atoms with Crippen molar-refractivity contribution >= 4 is 22.9 Å². The van der Waals surface area contributed by atoms with E-state index >= 15 is 0 Å². The molecule has 4 heteroatoms. The fourth-order valence-electron chi connectivity index (χ4n) is 2.17. The molecule has 0 aliphatic carbocycles. The topological polar surface area (TPSA) is 52.0 Å². The molecule has 1 heterocycles. The molecular weight excluding hydrogens is 280 g/mol. The van der Waals surface area contributed by atoms with Gasteiger partial charge < -0.3 is 10.2 Å². The van der Waals surface area contributed by atoms with Gasteiger partial charge in [0.1, 0.15) is 5.52 Å². The maximum absolute atomic E-state index is 6.24. The van der Waals surface area contributed by atoms with Gasteiger partial charge in [0, 0.05) is 11.8 Å². The Kier molecular flexibility index (Phi) is 4.27. The van der Waals surface area contributed by atoms with Crippen LogP contribution in [0, 0.1) is 0 Å². The van der Waals surface area contributed by atoms with E-state index < -0.39 is 0 Å². The lowest BCUT2D eigenvalue weighted by molar-refractivity contribution is 0.489. The van der Waals surface area contributed by atoms with Crippen molar-refractivity contribution in [3.8, 4) is 0 Å². The second-order valence-corrected chi connectivity index (χ2v) is 5.93. The van der Waals surface area contributed by atoms with Crippen LogP contribution in [0.5, 0.6) is 0 Å². The number of benzene rings is 2. The molecule has 1 unspecified atom stereocenters. The van der Waals surface area contributed by atoms with Crippen LogP contribution in [0.1, 0.15) is 24.1 Å². The van der Waals surface area contributed by atoms with Gasteiger partial charge in [0.25, 0.3) is 5.22 Å². The molecule has 0 aliphatic rings. The standard InChI is InChI=1S/C17H18N2OS/c1-2-12-7-9-13(10-8-12)14(18)11-21-17-19-15-5-3-4-6-16(15)20-17/h3-10,14H,2,11,18H2,1H3. The third kappa shape index (κ3) is 3.28. The second kappa shape index (κ2) is 6.33. The van der Waals surface area contributed by atoms with Crippen LogP contribution in [0.3, 0.4) is 0 Å². The number of aromatic nitrogens is 1. The molecule has 0 amide bonds. The van der Waals surface area contributed by atoms with E-state index in [2.05, 4.69) is 36.2 Å². The van der Waals surface area contributed by atoms with Gasteiger partial charge in [-0.3, -0.25) is 0 Å². The molecule has 0 spiro atoms. The van der Waals surface area contributed by atoms with Crippen molar-refractivity contribution in [3.63, 3.8) is 0 Å². The molecule has 21 heavy (non-hydrogen) atoms. The summed E-state index contributed by atoms with van der Waals surface area (Å²) in [6.45, 7) is 2.15. The number of thioether (sulfide) groups is 1. The summed E-state index contributed by atoms with van der Waals surface area (Å²) in [4.78, 5) is 4.45. The van der Waals surface area contributed by atoms with Crippen molar-refractivity contribution in [1.29, 1.82) is 0 Å². The Labute approximate surface area is 128 Å². The third-order valence-electron chi connectivity index (χ3n) is 3.48. The predicted octanol–water partition coefficient (Wildman–Crippen LogP) is 4.18. The first kappa shape index (κ1) is 14.2. The molecule has 0 aliphatic heterocycles. The van der Waals surface area contributed by atoms with Crippen LogP contribution in [0.25, 0.3) is 11.1 Å². The molecule has 3 rings (SSSR count). The first-order chi connectivity index (χ1) is 10.3. The van der Waals surface area contributed by atoms with Gasteiger partial charge in [0.15, 0.2) is 5.58 Å². The summed E-state index contributed by atoms with van der Waals surface area (Å²) in [6, 6.07) is 16.3. The van der Waals surface area contributed by atoms with Crippen LogP contribution in [-0.2, 0) is 6.42 Å². The molecule has 0 saturated heterocycles. The van der Waals surface area contributed by atoms with Gasteiger partial charge in [-0.05, 0) is 29.7 Å². The van der Waals surface area contributed by atoms with Gasteiger partial charge in [0.05, 0.1) is 0 Å². The highest BCUT2D eigenvalue weighted by atomic mass is 32.2. The Hall–Kier alpha value is -1.78. The van der Waals surface area contributed by atoms with E-state index in [1.54, 1.807) is 11.8 Å². The number of hydrogen-bond donors (Lipinski definition) is 1. The number of fused-ring (bicyclic) bond motifs is 1. The Morgan fingerprint density at radius 1 is 1.14 bits per heavy atom. The van der Waals surface area contributed by atoms with Crippen molar-refractivity contribution in [1.82, 2.24) is 4.98 Å². The monoisotopic (exact) mass is 298 g/mol. The minimum atomic E-state index is -0.0177. The largest absolute Gasteiger partial charge is 0.431 e. The van der Waals surface area contributed by atoms with Crippen molar-refractivity contribution in [2.24, 2.45) is 5.73 Å². The van der Waals surface area contributed by atoms with Gasteiger partial charge >= 0.3 is 0 Å². The summed E-state index contributed by atoms with van der Waals surface area (Å²) in [5.41, 5.74) is 10.4.